The van der Waals surface area contributed by atoms with E-state index in [1.807, 2.05) is 36.5 Å². The number of benzene rings is 8. The molecule has 3 heterocycles. The summed E-state index contributed by atoms with van der Waals surface area (Å²) in [6.07, 6.45) is 5.83. The van der Waals surface area contributed by atoms with E-state index in [1.165, 1.54) is 11.1 Å². The normalized spacial score (nSPS) is 13.6. The third kappa shape index (κ3) is 10.3. The first-order chi connectivity index (χ1) is 39.4. The van der Waals surface area contributed by atoms with Gasteiger partial charge in [0.1, 0.15) is 17.3 Å². The van der Waals surface area contributed by atoms with Gasteiger partial charge in [0.25, 0.3) is 6.33 Å². The molecule has 0 radical (unpaired) electrons. The minimum atomic E-state index is -0.544. The Bertz CT molecular complexity index is 4350. The lowest BCUT2D eigenvalue weighted by molar-refractivity contribution is -0.572. The van der Waals surface area contributed by atoms with Crippen LogP contribution in [0.4, 0.5) is 0 Å². The molecule has 0 aliphatic heterocycles. The third-order valence-electron chi connectivity index (χ3n) is 15.4. The van der Waals surface area contributed by atoms with Crippen molar-refractivity contribution in [2.75, 3.05) is 0 Å². The van der Waals surface area contributed by atoms with Gasteiger partial charge in [0, 0.05) is 23.0 Å². The molecule has 3 aromatic heterocycles. The molecule has 0 unspecified atom stereocenters. The minimum Gasteiger partial charge on any atom is -0.458 e. The second-order valence-corrected chi connectivity index (χ2v) is 26.6. The van der Waals surface area contributed by atoms with E-state index < -0.39 is 11.5 Å². The maximum absolute atomic E-state index is 9.28. The Morgan fingerprint density at radius 1 is 0.456 bits per heavy atom. The van der Waals surface area contributed by atoms with Gasteiger partial charge in [-0.2, -0.15) is 0 Å². The van der Waals surface area contributed by atoms with Crippen molar-refractivity contribution in [3.05, 3.63) is 222 Å². The first-order valence-electron chi connectivity index (χ1n) is 30.2. The summed E-state index contributed by atoms with van der Waals surface area (Å²) in [7, 11) is 0. The zero-order valence-electron chi connectivity index (χ0n) is 53.7. The van der Waals surface area contributed by atoms with Gasteiger partial charge in [0.15, 0.2) is 0 Å². The number of rotatable bonds is 8. The third-order valence-corrected chi connectivity index (χ3v) is 15.4. The van der Waals surface area contributed by atoms with Crippen molar-refractivity contribution in [2.45, 2.75) is 131 Å². The number of nitrogens with zero attached hydrogens (tertiary/aromatic N) is 4. The number of para-hydroxylation sites is 1. The summed E-state index contributed by atoms with van der Waals surface area (Å²) < 4.78 is 58.2. The number of imidazole rings is 1. The lowest BCUT2D eigenvalue weighted by Crippen LogP contribution is -2.35. The largest absolute Gasteiger partial charge is 0.458 e. The van der Waals surface area contributed by atoms with E-state index in [9.17, 15) is 2.74 Å². The fourth-order valence-electron chi connectivity index (χ4n) is 10.8. The maximum atomic E-state index is 9.28. The van der Waals surface area contributed by atoms with Gasteiger partial charge in [0.05, 0.1) is 40.3 Å². The van der Waals surface area contributed by atoms with Gasteiger partial charge in [-0.25, -0.2) is 4.98 Å². The molecule has 5 heteroatoms. The molecular weight excluding hydrogens is 961 g/mol. The van der Waals surface area contributed by atoms with Gasteiger partial charge in [-0.05, 0) is 149 Å². The first kappa shape index (κ1) is 47.0. The number of pyridine rings is 1. The Morgan fingerprint density at radius 2 is 1.10 bits per heavy atom. The van der Waals surface area contributed by atoms with E-state index in [0.29, 0.717) is 17.1 Å². The summed E-state index contributed by atoms with van der Waals surface area (Å²) in [5.41, 5.74) is 14.8. The lowest BCUT2D eigenvalue weighted by Gasteiger charge is -2.30. The van der Waals surface area contributed by atoms with E-state index in [4.69, 9.17) is 13.8 Å². The van der Waals surface area contributed by atoms with Gasteiger partial charge in [-0.15, -0.1) is 0 Å². The molecule has 0 saturated carbocycles. The highest BCUT2D eigenvalue weighted by atomic mass is 16.5. The molecule has 0 spiro atoms. The number of ether oxygens (including phenoxy) is 1. The zero-order chi connectivity index (χ0) is 60.3. The van der Waals surface area contributed by atoms with E-state index in [0.717, 1.165) is 89.0 Å². The van der Waals surface area contributed by atoms with Crippen molar-refractivity contribution in [1.29, 1.82) is 0 Å². The molecule has 398 valence electrons. The summed E-state index contributed by atoms with van der Waals surface area (Å²) in [6, 6.07) is 51.9. The molecule has 0 saturated heterocycles. The summed E-state index contributed by atoms with van der Waals surface area (Å²) in [4.78, 5) is 4.92. The van der Waals surface area contributed by atoms with Crippen molar-refractivity contribution >= 4 is 32.8 Å². The summed E-state index contributed by atoms with van der Waals surface area (Å²) in [6.45, 7) is 33.3. The lowest BCUT2D eigenvalue weighted by atomic mass is 9.77. The molecule has 79 heavy (non-hydrogen) atoms. The van der Waals surface area contributed by atoms with Gasteiger partial charge < -0.3 is 4.74 Å². The van der Waals surface area contributed by atoms with Crippen molar-refractivity contribution in [3.8, 4) is 62.1 Å². The highest BCUT2D eigenvalue weighted by Gasteiger charge is 2.29. The van der Waals surface area contributed by atoms with Crippen molar-refractivity contribution < 1.29 is 16.2 Å². The highest BCUT2D eigenvalue weighted by molar-refractivity contribution is 6.09. The highest BCUT2D eigenvalue weighted by Crippen LogP contribution is 2.43. The molecule has 11 rings (SSSR count). The van der Waals surface area contributed by atoms with Crippen molar-refractivity contribution in [3.63, 3.8) is 0 Å². The SMILES string of the molecule is [2H]c1c([2H])c([2H])c(-c2cc(-c3cc(C(C)(C)C)cc(C(C)(C)C)c3)c(-[n+]3[c-]n(-c4cccc(Oc5ccc6c7ccccc7n(-c7cc(C(C)(C)C)ccn7)c6c5)c4)c4cc(-c5ccc(C(C)(C)C)cc5)ccc43)c(C(C)(C)C)c2)c([2H])c1[2H]. The average Bonchev–Trinajstić information content (AvgIpc) is 1.51. The molecule has 0 aliphatic rings. The molecule has 0 aliphatic carbocycles. The van der Waals surface area contributed by atoms with Crippen LogP contribution in [0.1, 0.15) is 139 Å². The number of hydrogen-bond donors (Lipinski definition) is 0. The van der Waals surface area contributed by atoms with E-state index in [2.05, 4.69) is 245 Å². The van der Waals surface area contributed by atoms with E-state index >= 15 is 0 Å². The van der Waals surface area contributed by atoms with E-state index in [-0.39, 0.29) is 51.4 Å². The van der Waals surface area contributed by atoms with Crippen LogP contribution in [-0.4, -0.2) is 14.1 Å². The topological polar surface area (TPSA) is 35.9 Å². The van der Waals surface area contributed by atoms with Crippen LogP contribution in [-0.2, 0) is 27.1 Å². The summed E-state index contributed by atoms with van der Waals surface area (Å²) in [5.74, 6) is 2.17. The van der Waals surface area contributed by atoms with Gasteiger partial charge in [0.2, 0.25) is 0 Å². The Morgan fingerprint density at radius 3 is 1.77 bits per heavy atom. The van der Waals surface area contributed by atoms with Crippen LogP contribution in [0.2, 0.25) is 0 Å². The Hall–Kier alpha value is -8.02. The van der Waals surface area contributed by atoms with Crippen molar-refractivity contribution in [1.82, 2.24) is 14.1 Å². The van der Waals surface area contributed by atoms with Gasteiger partial charge in [-0.3, -0.25) is 13.7 Å². The number of aromatic nitrogens is 4. The monoisotopic (exact) mass is 1040 g/mol. The summed E-state index contributed by atoms with van der Waals surface area (Å²) >= 11 is 0. The molecule has 0 amide bonds. The number of hydrogen-bond acceptors (Lipinski definition) is 2. The van der Waals surface area contributed by atoms with Crippen LogP contribution >= 0.6 is 0 Å². The van der Waals surface area contributed by atoms with Gasteiger partial charge in [-0.1, -0.05) is 219 Å². The quantitative estimate of drug-likeness (QED) is 0.112. The number of fused-ring (bicyclic) bond motifs is 4. The smallest absolute Gasteiger partial charge is 0.269 e. The van der Waals surface area contributed by atoms with Crippen LogP contribution in [0.15, 0.2) is 188 Å². The molecule has 0 bridgehead atoms. The molecule has 5 nitrogen and oxygen atoms in total. The molecule has 0 atom stereocenters. The predicted molar refractivity (Wildman–Crippen MR) is 332 cm³/mol. The Labute approximate surface area is 476 Å². The van der Waals surface area contributed by atoms with Crippen LogP contribution in [0.5, 0.6) is 11.5 Å². The van der Waals surface area contributed by atoms with Gasteiger partial charge >= 0.3 is 0 Å². The second kappa shape index (κ2) is 19.4. The van der Waals surface area contributed by atoms with E-state index in [1.54, 1.807) is 0 Å². The van der Waals surface area contributed by atoms with Crippen LogP contribution in [0.25, 0.3) is 83.4 Å². The first-order valence-corrected chi connectivity index (χ1v) is 27.7. The van der Waals surface area contributed by atoms with Crippen LogP contribution in [0.3, 0.4) is 0 Å². The van der Waals surface area contributed by atoms with Crippen LogP contribution in [0, 0.1) is 6.33 Å². The molecule has 11 aromatic rings. The van der Waals surface area contributed by atoms with Crippen LogP contribution < -0.4 is 9.30 Å². The Kier molecular flexibility index (Phi) is 11.6. The Balaban J connectivity index is 1.16. The standard InChI is InChI=1S/C74H76N4O/c1-70(2,3)53-31-28-49(29-32-53)50-30-35-65-67(42-50)76(57-24-21-25-58(45-57)79-59-33-34-61-60-26-19-20-27-64(60)78(66(61)46-59)68-44-54(36-37-75-68)71(4,5)6)47-77(65)69-62(52-38-55(72(7,8)9)43-56(39-52)73(10,11)12)40-51(41-63(69)74(13,14)15)48-22-17-16-18-23-48/h16-46H,1-15H3/i16D,17D,18D,22D,23D. The molecule has 0 N–H and O–H groups in total. The fourth-order valence-corrected chi connectivity index (χ4v) is 10.8. The molecule has 8 aromatic carbocycles. The zero-order valence-corrected chi connectivity index (χ0v) is 48.7. The minimum absolute atomic E-state index is 0.00913. The van der Waals surface area contributed by atoms with Crippen molar-refractivity contribution in [2.24, 2.45) is 0 Å². The molecular formula is C74H76N4O. The average molecular weight is 1040 g/mol. The summed E-state index contributed by atoms with van der Waals surface area (Å²) in [5, 5.41) is 2.24. The predicted octanol–water partition coefficient (Wildman–Crippen LogP) is 19.5. The maximum Gasteiger partial charge on any atom is 0.269 e. The second-order valence-electron chi connectivity index (χ2n) is 26.6. The fraction of sp³-hybridized carbons (Fsp3) is 0.270. The molecule has 0 fully saturated rings.